The van der Waals surface area contributed by atoms with E-state index in [-0.39, 0.29) is 18.6 Å². The van der Waals surface area contributed by atoms with Gasteiger partial charge in [0.25, 0.3) is 0 Å². The number of hydrogen-bond donors (Lipinski definition) is 1. The summed E-state index contributed by atoms with van der Waals surface area (Å²) in [4.78, 5) is 25.5. The van der Waals surface area contributed by atoms with E-state index in [1.54, 1.807) is 17.0 Å². The molecule has 1 N–H and O–H groups in total. The molecule has 0 spiro atoms. The third kappa shape index (κ3) is 4.33. The molecule has 1 heterocycles. The molecule has 0 aliphatic carbocycles. The number of benzene rings is 2. The van der Waals surface area contributed by atoms with Crippen molar-refractivity contribution < 1.29 is 19.1 Å². The minimum absolute atomic E-state index is 0.0532. The fourth-order valence-electron chi connectivity index (χ4n) is 2.83. The summed E-state index contributed by atoms with van der Waals surface area (Å²) in [6.07, 6.45) is 0.318. The van der Waals surface area contributed by atoms with Gasteiger partial charge in [-0.25, -0.2) is 0 Å². The van der Waals surface area contributed by atoms with E-state index in [4.69, 9.17) is 9.47 Å². The van der Waals surface area contributed by atoms with Gasteiger partial charge in [0.2, 0.25) is 18.6 Å². The lowest BCUT2D eigenvalue weighted by Crippen LogP contribution is -2.31. The number of ether oxygens (including phenoxy) is 2. The van der Waals surface area contributed by atoms with Crippen molar-refractivity contribution in [2.24, 2.45) is 0 Å². The van der Waals surface area contributed by atoms with Crippen LogP contribution in [0.4, 0.5) is 5.69 Å². The molecule has 0 bridgehead atoms. The number of rotatable bonds is 6. The molecule has 6 nitrogen and oxygen atoms in total. The van der Waals surface area contributed by atoms with E-state index in [0.29, 0.717) is 19.5 Å². The molecular weight excluding hydrogens is 332 g/mol. The highest BCUT2D eigenvalue weighted by molar-refractivity contribution is 5.88. The average molecular weight is 354 g/mol. The van der Waals surface area contributed by atoms with Crippen LogP contribution in [-0.2, 0) is 22.6 Å². The molecule has 0 saturated carbocycles. The number of hydrogen-bond acceptors (Lipinski definition) is 4. The zero-order valence-electron chi connectivity index (χ0n) is 15.0. The van der Waals surface area contributed by atoms with Gasteiger partial charge in [0.15, 0.2) is 11.5 Å². The van der Waals surface area contributed by atoms with Crippen LogP contribution in [0, 0.1) is 0 Å². The molecule has 3 rings (SSSR count). The number of amides is 2. The van der Waals surface area contributed by atoms with Crippen molar-refractivity contribution in [3.05, 3.63) is 53.6 Å². The Morgan fingerprint density at radius 2 is 1.73 bits per heavy atom. The Balaban J connectivity index is 1.62. The summed E-state index contributed by atoms with van der Waals surface area (Å²) in [5, 5.41) is 2.72. The number of carbonyl (C=O) groups is 2. The first kappa shape index (κ1) is 17.8. The second-order valence-electron chi connectivity index (χ2n) is 6.15. The number of likely N-dealkylation sites (N-methyl/N-ethyl adjacent to an activating group) is 1. The quantitative estimate of drug-likeness (QED) is 0.866. The summed E-state index contributed by atoms with van der Waals surface area (Å²) in [5.41, 5.74) is 2.64. The van der Waals surface area contributed by atoms with Crippen LogP contribution in [0.25, 0.3) is 0 Å². The fraction of sp³-hybridized carbons (Fsp3) is 0.300. The maximum Gasteiger partial charge on any atom is 0.231 e. The molecule has 1 aliphatic rings. The van der Waals surface area contributed by atoms with Gasteiger partial charge < -0.3 is 19.7 Å². The first-order valence-corrected chi connectivity index (χ1v) is 8.58. The topological polar surface area (TPSA) is 67.9 Å². The van der Waals surface area contributed by atoms with E-state index in [2.05, 4.69) is 5.32 Å². The predicted octanol–water partition coefficient (Wildman–Crippen LogP) is 2.96. The first-order chi connectivity index (χ1) is 12.5. The van der Waals surface area contributed by atoms with Crippen molar-refractivity contribution in [1.82, 2.24) is 4.90 Å². The van der Waals surface area contributed by atoms with Gasteiger partial charge in [-0.2, -0.15) is 0 Å². The van der Waals surface area contributed by atoms with Gasteiger partial charge in [0.05, 0.1) is 6.42 Å². The lowest BCUT2D eigenvalue weighted by Gasteiger charge is -2.21. The van der Waals surface area contributed by atoms with Crippen LogP contribution in [0.1, 0.15) is 25.0 Å². The molecule has 2 amide bonds. The summed E-state index contributed by atoms with van der Waals surface area (Å²) in [5.74, 6) is 1.40. The Labute approximate surface area is 152 Å². The zero-order valence-corrected chi connectivity index (χ0v) is 15.0. The molecule has 0 saturated heterocycles. The maximum absolute atomic E-state index is 12.6. The second kappa shape index (κ2) is 7.91. The molecular formula is C20H22N2O4. The van der Waals surface area contributed by atoms with E-state index in [1.165, 1.54) is 6.92 Å². The van der Waals surface area contributed by atoms with Gasteiger partial charge in [-0.05, 0) is 42.3 Å². The fourth-order valence-corrected chi connectivity index (χ4v) is 2.83. The van der Waals surface area contributed by atoms with Crippen LogP contribution in [0.3, 0.4) is 0 Å². The highest BCUT2D eigenvalue weighted by Gasteiger charge is 2.17. The Bertz CT molecular complexity index is 802. The lowest BCUT2D eigenvalue weighted by molar-refractivity contribution is -0.130. The summed E-state index contributed by atoms with van der Waals surface area (Å²) in [6, 6.07) is 13.1. The molecule has 0 aromatic heterocycles. The Kier molecular flexibility index (Phi) is 5.41. The number of fused-ring (bicyclic) bond motifs is 1. The second-order valence-corrected chi connectivity index (χ2v) is 6.15. The number of carbonyl (C=O) groups excluding carboxylic acids is 2. The van der Waals surface area contributed by atoms with E-state index >= 15 is 0 Å². The van der Waals surface area contributed by atoms with Crippen molar-refractivity contribution in [2.75, 3.05) is 18.7 Å². The Morgan fingerprint density at radius 3 is 2.42 bits per heavy atom. The monoisotopic (exact) mass is 354 g/mol. The Morgan fingerprint density at radius 1 is 1.04 bits per heavy atom. The molecule has 0 atom stereocenters. The Hall–Kier alpha value is -3.02. The molecule has 26 heavy (non-hydrogen) atoms. The van der Waals surface area contributed by atoms with Gasteiger partial charge in [0.1, 0.15) is 0 Å². The third-order valence-electron chi connectivity index (χ3n) is 4.17. The van der Waals surface area contributed by atoms with Crippen LogP contribution in [0.5, 0.6) is 11.5 Å². The summed E-state index contributed by atoms with van der Waals surface area (Å²) in [6.45, 7) is 4.81. The SMILES string of the molecule is CCN(Cc1ccc2c(c1)OCO2)C(=O)Cc1ccc(NC(C)=O)cc1. The molecule has 0 radical (unpaired) electrons. The van der Waals surface area contributed by atoms with E-state index in [0.717, 1.165) is 28.3 Å². The van der Waals surface area contributed by atoms with Crippen molar-refractivity contribution in [2.45, 2.75) is 26.8 Å². The van der Waals surface area contributed by atoms with Gasteiger partial charge in [0, 0.05) is 25.7 Å². The molecule has 0 unspecified atom stereocenters. The standard InChI is InChI=1S/C20H22N2O4/c1-3-22(12-16-6-9-18-19(10-16)26-13-25-18)20(24)11-15-4-7-17(8-5-15)21-14(2)23/h4-10H,3,11-13H2,1-2H3,(H,21,23). The lowest BCUT2D eigenvalue weighted by atomic mass is 10.1. The molecule has 2 aromatic rings. The highest BCUT2D eigenvalue weighted by atomic mass is 16.7. The van der Waals surface area contributed by atoms with Gasteiger partial charge in [-0.1, -0.05) is 18.2 Å². The number of nitrogens with zero attached hydrogens (tertiary/aromatic N) is 1. The largest absolute Gasteiger partial charge is 0.454 e. The van der Waals surface area contributed by atoms with Crippen molar-refractivity contribution in [1.29, 1.82) is 0 Å². The third-order valence-corrected chi connectivity index (χ3v) is 4.17. The number of nitrogens with one attached hydrogen (secondary N) is 1. The minimum Gasteiger partial charge on any atom is -0.454 e. The first-order valence-electron chi connectivity index (χ1n) is 8.58. The van der Waals surface area contributed by atoms with E-state index < -0.39 is 0 Å². The molecule has 1 aliphatic heterocycles. The molecule has 136 valence electrons. The van der Waals surface area contributed by atoms with Crippen molar-refractivity contribution >= 4 is 17.5 Å². The van der Waals surface area contributed by atoms with Gasteiger partial charge >= 0.3 is 0 Å². The van der Waals surface area contributed by atoms with Crippen LogP contribution in [0.2, 0.25) is 0 Å². The normalized spacial score (nSPS) is 11.9. The van der Waals surface area contributed by atoms with Crippen LogP contribution >= 0.6 is 0 Å². The van der Waals surface area contributed by atoms with E-state index in [1.807, 2.05) is 37.3 Å². The van der Waals surface area contributed by atoms with Crippen molar-refractivity contribution in [3.8, 4) is 11.5 Å². The minimum atomic E-state index is -0.116. The molecule has 2 aromatic carbocycles. The smallest absolute Gasteiger partial charge is 0.231 e. The zero-order chi connectivity index (χ0) is 18.5. The van der Waals surface area contributed by atoms with Crippen molar-refractivity contribution in [3.63, 3.8) is 0 Å². The van der Waals surface area contributed by atoms with Crippen LogP contribution in [0.15, 0.2) is 42.5 Å². The average Bonchev–Trinajstić information content (AvgIpc) is 3.08. The van der Waals surface area contributed by atoms with Crippen LogP contribution in [-0.4, -0.2) is 30.1 Å². The van der Waals surface area contributed by atoms with Gasteiger partial charge in [-0.15, -0.1) is 0 Å². The summed E-state index contributed by atoms with van der Waals surface area (Å²) < 4.78 is 10.7. The van der Waals surface area contributed by atoms with Crippen LogP contribution < -0.4 is 14.8 Å². The summed E-state index contributed by atoms with van der Waals surface area (Å²) >= 11 is 0. The maximum atomic E-state index is 12.6. The predicted molar refractivity (Wildman–Crippen MR) is 98.1 cm³/mol. The summed E-state index contributed by atoms with van der Waals surface area (Å²) in [7, 11) is 0. The molecule has 0 fully saturated rings. The number of anilines is 1. The van der Waals surface area contributed by atoms with Gasteiger partial charge in [-0.3, -0.25) is 9.59 Å². The van der Waals surface area contributed by atoms with E-state index in [9.17, 15) is 9.59 Å². The highest BCUT2D eigenvalue weighted by Crippen LogP contribution is 2.32. The molecule has 6 heteroatoms.